The molecule has 0 aromatic carbocycles. The van der Waals surface area contributed by atoms with Crippen LogP contribution >= 0.6 is 0 Å². The SMILES string of the molecule is CC(C)NC1(CO)CCCCC1C. The lowest BCUT2D eigenvalue weighted by Crippen LogP contribution is -2.57. The Morgan fingerprint density at radius 3 is 2.62 bits per heavy atom. The summed E-state index contributed by atoms with van der Waals surface area (Å²) in [5, 5.41) is 13.0. The summed E-state index contributed by atoms with van der Waals surface area (Å²) in [5.41, 5.74) is 0.00637. The van der Waals surface area contributed by atoms with Gasteiger partial charge in [0.1, 0.15) is 0 Å². The Morgan fingerprint density at radius 1 is 1.46 bits per heavy atom. The smallest absolute Gasteiger partial charge is 0.0616 e. The van der Waals surface area contributed by atoms with Crippen LogP contribution in [0.4, 0.5) is 0 Å². The van der Waals surface area contributed by atoms with Crippen LogP contribution in [-0.2, 0) is 0 Å². The van der Waals surface area contributed by atoms with E-state index in [0.717, 1.165) is 6.42 Å². The minimum atomic E-state index is 0.00637. The molecule has 0 spiro atoms. The lowest BCUT2D eigenvalue weighted by atomic mass is 9.74. The maximum atomic E-state index is 9.50. The Kier molecular flexibility index (Phi) is 3.74. The Balaban J connectivity index is 2.64. The van der Waals surface area contributed by atoms with Crippen molar-refractivity contribution < 1.29 is 5.11 Å². The summed E-state index contributed by atoms with van der Waals surface area (Å²) in [6, 6.07) is 0.465. The molecule has 1 saturated carbocycles. The van der Waals surface area contributed by atoms with E-state index in [0.29, 0.717) is 12.0 Å². The molecule has 0 aromatic heterocycles. The third kappa shape index (κ3) is 2.44. The summed E-state index contributed by atoms with van der Waals surface area (Å²) in [6.45, 7) is 6.84. The molecule has 78 valence electrons. The topological polar surface area (TPSA) is 32.3 Å². The van der Waals surface area contributed by atoms with Crippen LogP contribution in [0, 0.1) is 5.92 Å². The molecule has 1 fully saturated rings. The summed E-state index contributed by atoms with van der Waals surface area (Å²) in [6.07, 6.45) is 4.95. The number of rotatable bonds is 3. The quantitative estimate of drug-likeness (QED) is 0.704. The van der Waals surface area contributed by atoms with Crippen LogP contribution in [-0.4, -0.2) is 23.3 Å². The number of aliphatic hydroxyl groups excluding tert-OH is 1. The standard InChI is InChI=1S/C11H23NO/c1-9(2)12-11(8-13)7-5-4-6-10(11)3/h9-10,12-13H,4-8H2,1-3H3. The molecule has 0 amide bonds. The largest absolute Gasteiger partial charge is 0.394 e. The fraction of sp³-hybridized carbons (Fsp3) is 1.00. The number of hydrogen-bond acceptors (Lipinski definition) is 2. The lowest BCUT2D eigenvalue weighted by molar-refractivity contribution is 0.0673. The fourth-order valence-corrected chi connectivity index (χ4v) is 2.48. The Morgan fingerprint density at radius 2 is 2.15 bits per heavy atom. The van der Waals surface area contributed by atoms with Gasteiger partial charge in [0, 0.05) is 11.6 Å². The van der Waals surface area contributed by atoms with Crippen LogP contribution in [0.25, 0.3) is 0 Å². The molecule has 2 nitrogen and oxygen atoms in total. The molecule has 2 heteroatoms. The Labute approximate surface area is 81.7 Å². The van der Waals surface area contributed by atoms with Crippen LogP contribution in [0.5, 0.6) is 0 Å². The van der Waals surface area contributed by atoms with Gasteiger partial charge in [0.15, 0.2) is 0 Å². The highest BCUT2D eigenvalue weighted by molar-refractivity contribution is 4.95. The van der Waals surface area contributed by atoms with Gasteiger partial charge in [-0.2, -0.15) is 0 Å². The molecule has 1 aliphatic rings. The van der Waals surface area contributed by atoms with E-state index in [1.54, 1.807) is 0 Å². The maximum absolute atomic E-state index is 9.50. The second-order valence-electron chi connectivity index (χ2n) is 4.76. The molecule has 0 bridgehead atoms. The second kappa shape index (κ2) is 4.43. The van der Waals surface area contributed by atoms with E-state index in [9.17, 15) is 5.11 Å². The van der Waals surface area contributed by atoms with E-state index in [-0.39, 0.29) is 12.1 Å². The summed E-state index contributed by atoms with van der Waals surface area (Å²) < 4.78 is 0. The second-order valence-corrected chi connectivity index (χ2v) is 4.76. The van der Waals surface area contributed by atoms with E-state index in [1.807, 2.05) is 0 Å². The molecule has 0 saturated heterocycles. The van der Waals surface area contributed by atoms with Gasteiger partial charge in [0.05, 0.1) is 6.61 Å². The van der Waals surface area contributed by atoms with Crippen LogP contribution < -0.4 is 5.32 Å². The van der Waals surface area contributed by atoms with Gasteiger partial charge in [0.2, 0.25) is 0 Å². The molecule has 0 aromatic rings. The fourth-order valence-electron chi connectivity index (χ4n) is 2.48. The van der Waals surface area contributed by atoms with Gasteiger partial charge in [0.25, 0.3) is 0 Å². The van der Waals surface area contributed by atoms with Gasteiger partial charge in [-0.3, -0.25) is 0 Å². The van der Waals surface area contributed by atoms with E-state index < -0.39 is 0 Å². The first-order valence-corrected chi connectivity index (χ1v) is 5.49. The van der Waals surface area contributed by atoms with Crippen molar-refractivity contribution in [3.05, 3.63) is 0 Å². The highest BCUT2D eigenvalue weighted by Gasteiger charge is 2.37. The molecular formula is C11H23NO. The Hall–Kier alpha value is -0.0800. The molecule has 1 aliphatic carbocycles. The normalized spacial score (nSPS) is 35.3. The monoisotopic (exact) mass is 185 g/mol. The molecule has 1 rings (SSSR count). The summed E-state index contributed by atoms with van der Waals surface area (Å²) in [5.74, 6) is 0.605. The zero-order valence-corrected chi connectivity index (χ0v) is 9.14. The van der Waals surface area contributed by atoms with Gasteiger partial charge in [-0.05, 0) is 18.8 Å². The van der Waals surface area contributed by atoms with E-state index >= 15 is 0 Å². The van der Waals surface area contributed by atoms with E-state index in [1.165, 1.54) is 19.3 Å². The van der Waals surface area contributed by atoms with Crippen molar-refractivity contribution in [2.24, 2.45) is 5.92 Å². The summed E-state index contributed by atoms with van der Waals surface area (Å²) in [4.78, 5) is 0. The third-order valence-corrected chi connectivity index (χ3v) is 3.31. The first kappa shape index (κ1) is 11.0. The zero-order valence-electron chi connectivity index (χ0n) is 9.14. The van der Waals surface area contributed by atoms with Crippen molar-refractivity contribution in [1.82, 2.24) is 5.32 Å². The lowest BCUT2D eigenvalue weighted by Gasteiger charge is -2.43. The summed E-state index contributed by atoms with van der Waals surface area (Å²) >= 11 is 0. The molecule has 13 heavy (non-hydrogen) atoms. The number of aliphatic hydroxyl groups is 1. The number of hydrogen-bond donors (Lipinski definition) is 2. The van der Waals surface area contributed by atoms with Crippen LogP contribution in [0.3, 0.4) is 0 Å². The molecule has 0 aliphatic heterocycles. The molecule has 2 N–H and O–H groups in total. The van der Waals surface area contributed by atoms with Crippen molar-refractivity contribution in [2.75, 3.05) is 6.61 Å². The van der Waals surface area contributed by atoms with Gasteiger partial charge < -0.3 is 10.4 Å². The van der Waals surface area contributed by atoms with Gasteiger partial charge in [-0.25, -0.2) is 0 Å². The maximum Gasteiger partial charge on any atom is 0.0616 e. The molecular weight excluding hydrogens is 162 g/mol. The first-order valence-electron chi connectivity index (χ1n) is 5.49. The highest BCUT2D eigenvalue weighted by atomic mass is 16.3. The minimum Gasteiger partial charge on any atom is -0.394 e. The van der Waals surface area contributed by atoms with Crippen molar-refractivity contribution in [2.45, 2.75) is 58.0 Å². The van der Waals surface area contributed by atoms with Crippen molar-refractivity contribution in [1.29, 1.82) is 0 Å². The zero-order chi connectivity index (χ0) is 9.90. The minimum absolute atomic E-state index is 0.00637. The van der Waals surface area contributed by atoms with E-state index in [4.69, 9.17) is 0 Å². The van der Waals surface area contributed by atoms with Crippen molar-refractivity contribution in [3.63, 3.8) is 0 Å². The first-order chi connectivity index (χ1) is 6.10. The van der Waals surface area contributed by atoms with Crippen LogP contribution in [0.15, 0.2) is 0 Å². The molecule has 0 heterocycles. The van der Waals surface area contributed by atoms with Crippen LogP contribution in [0.1, 0.15) is 46.5 Å². The van der Waals surface area contributed by atoms with E-state index in [2.05, 4.69) is 26.1 Å². The Bertz CT molecular complexity index is 158. The summed E-state index contributed by atoms with van der Waals surface area (Å²) in [7, 11) is 0. The third-order valence-electron chi connectivity index (χ3n) is 3.31. The number of nitrogens with one attached hydrogen (secondary N) is 1. The van der Waals surface area contributed by atoms with Crippen LogP contribution in [0.2, 0.25) is 0 Å². The molecule has 2 atom stereocenters. The van der Waals surface area contributed by atoms with Crippen molar-refractivity contribution in [3.8, 4) is 0 Å². The predicted molar refractivity (Wildman–Crippen MR) is 55.7 cm³/mol. The van der Waals surface area contributed by atoms with Gasteiger partial charge in [-0.15, -0.1) is 0 Å². The van der Waals surface area contributed by atoms with Crippen molar-refractivity contribution >= 4 is 0 Å². The average molecular weight is 185 g/mol. The molecule has 0 radical (unpaired) electrons. The highest BCUT2D eigenvalue weighted by Crippen LogP contribution is 2.33. The van der Waals surface area contributed by atoms with Gasteiger partial charge in [-0.1, -0.05) is 33.6 Å². The molecule has 2 unspecified atom stereocenters. The predicted octanol–water partition coefficient (Wildman–Crippen LogP) is 1.93. The average Bonchev–Trinajstić information content (AvgIpc) is 2.08. The van der Waals surface area contributed by atoms with Gasteiger partial charge >= 0.3 is 0 Å².